The van der Waals surface area contributed by atoms with Gasteiger partial charge in [0.05, 0.1) is 10.5 Å². The SMILES string of the molecule is CN(C)[C@H]1CCN(c2ccc(C(F)(F)F)cc2/C=C2/SC(=O)NC2=O)C1. The number of carbonyl (C=O) groups is 2. The van der Waals surface area contributed by atoms with Gasteiger partial charge in [0, 0.05) is 24.8 Å². The first-order chi connectivity index (χ1) is 12.1. The summed E-state index contributed by atoms with van der Waals surface area (Å²) in [6.07, 6.45) is -2.22. The number of amides is 2. The molecule has 0 radical (unpaired) electrons. The number of rotatable bonds is 3. The molecule has 1 aromatic rings. The Labute approximate surface area is 153 Å². The molecule has 1 N–H and O–H groups in total. The molecule has 2 saturated heterocycles. The van der Waals surface area contributed by atoms with E-state index < -0.39 is 22.9 Å². The Bertz CT molecular complexity index is 777. The van der Waals surface area contributed by atoms with Crippen LogP contribution in [0.1, 0.15) is 17.5 Å². The number of imide groups is 1. The standard InChI is InChI=1S/C17H18F3N3O2S/c1-22(2)12-5-6-23(9-12)13-4-3-11(17(18,19)20)7-10(13)8-14-15(24)21-16(25)26-14/h3-4,7-8,12H,5-6,9H2,1-2H3,(H,21,24,25)/b14-8+/t12-/m0/s1. The third-order valence-corrected chi connectivity index (χ3v) is 5.33. The first-order valence-corrected chi connectivity index (χ1v) is 8.84. The summed E-state index contributed by atoms with van der Waals surface area (Å²) in [7, 11) is 3.93. The van der Waals surface area contributed by atoms with E-state index in [-0.39, 0.29) is 10.5 Å². The highest BCUT2D eigenvalue weighted by molar-refractivity contribution is 8.18. The Morgan fingerprint density at radius 3 is 2.58 bits per heavy atom. The van der Waals surface area contributed by atoms with Crippen molar-refractivity contribution in [2.24, 2.45) is 0 Å². The minimum absolute atomic E-state index is 0.0962. The molecule has 2 heterocycles. The van der Waals surface area contributed by atoms with E-state index in [1.54, 1.807) is 0 Å². The fourth-order valence-electron chi connectivity index (χ4n) is 3.08. The second kappa shape index (κ2) is 6.96. The minimum atomic E-state index is -4.48. The maximum atomic E-state index is 13.1. The first kappa shape index (κ1) is 18.8. The van der Waals surface area contributed by atoms with Crippen LogP contribution in [0.2, 0.25) is 0 Å². The highest BCUT2D eigenvalue weighted by Crippen LogP contribution is 2.36. The van der Waals surface area contributed by atoms with Gasteiger partial charge in [0.25, 0.3) is 11.1 Å². The topological polar surface area (TPSA) is 52.6 Å². The summed E-state index contributed by atoms with van der Waals surface area (Å²) in [6.45, 7) is 1.40. The van der Waals surface area contributed by atoms with Gasteiger partial charge in [-0.2, -0.15) is 13.2 Å². The number of hydrogen-bond acceptors (Lipinski definition) is 5. The molecule has 2 fully saturated rings. The monoisotopic (exact) mass is 385 g/mol. The van der Waals surface area contributed by atoms with Crippen molar-refractivity contribution in [1.29, 1.82) is 0 Å². The predicted molar refractivity (Wildman–Crippen MR) is 94.9 cm³/mol. The number of likely N-dealkylation sites (N-methyl/N-ethyl adjacent to an activating group) is 1. The normalized spacial score (nSPS) is 22.6. The fraction of sp³-hybridized carbons (Fsp3) is 0.412. The number of halogens is 3. The minimum Gasteiger partial charge on any atom is -0.369 e. The van der Waals surface area contributed by atoms with E-state index in [0.29, 0.717) is 36.6 Å². The van der Waals surface area contributed by atoms with Crippen LogP contribution in [0.4, 0.5) is 23.7 Å². The molecule has 0 aromatic heterocycles. The van der Waals surface area contributed by atoms with Gasteiger partial charge in [-0.05, 0) is 62.1 Å². The summed E-state index contributed by atoms with van der Waals surface area (Å²) in [6, 6.07) is 3.82. The van der Waals surface area contributed by atoms with Crippen LogP contribution >= 0.6 is 11.8 Å². The van der Waals surface area contributed by atoms with Crippen LogP contribution in [0.15, 0.2) is 23.1 Å². The van der Waals surface area contributed by atoms with Crippen molar-refractivity contribution in [1.82, 2.24) is 10.2 Å². The molecule has 1 atom stereocenters. The summed E-state index contributed by atoms with van der Waals surface area (Å²) >= 11 is 0.692. The first-order valence-electron chi connectivity index (χ1n) is 8.02. The molecule has 140 valence electrons. The summed E-state index contributed by atoms with van der Waals surface area (Å²) in [5.74, 6) is -0.587. The quantitative estimate of drug-likeness (QED) is 0.810. The van der Waals surface area contributed by atoms with E-state index in [1.165, 1.54) is 12.1 Å². The van der Waals surface area contributed by atoms with Crippen molar-refractivity contribution in [3.05, 3.63) is 34.2 Å². The van der Waals surface area contributed by atoms with Crippen LogP contribution in [0, 0.1) is 0 Å². The van der Waals surface area contributed by atoms with Crippen LogP contribution in [0.3, 0.4) is 0 Å². The van der Waals surface area contributed by atoms with E-state index >= 15 is 0 Å². The number of benzene rings is 1. The lowest BCUT2D eigenvalue weighted by molar-refractivity contribution is -0.137. The molecule has 2 aliphatic heterocycles. The van der Waals surface area contributed by atoms with Gasteiger partial charge in [-0.1, -0.05) is 0 Å². The van der Waals surface area contributed by atoms with Gasteiger partial charge in [0.15, 0.2) is 0 Å². The Morgan fingerprint density at radius 2 is 2.04 bits per heavy atom. The zero-order chi connectivity index (χ0) is 19.1. The van der Waals surface area contributed by atoms with Crippen molar-refractivity contribution in [3.63, 3.8) is 0 Å². The average molecular weight is 385 g/mol. The average Bonchev–Trinajstić information content (AvgIpc) is 3.14. The number of hydrogen-bond donors (Lipinski definition) is 1. The molecule has 9 heteroatoms. The lowest BCUT2D eigenvalue weighted by Crippen LogP contribution is -2.31. The second-order valence-electron chi connectivity index (χ2n) is 6.48. The van der Waals surface area contributed by atoms with Gasteiger partial charge >= 0.3 is 6.18 Å². The van der Waals surface area contributed by atoms with Gasteiger partial charge in [-0.25, -0.2) is 0 Å². The van der Waals surface area contributed by atoms with Crippen LogP contribution < -0.4 is 10.2 Å². The third-order valence-electron chi connectivity index (χ3n) is 4.52. The number of anilines is 1. The third kappa shape index (κ3) is 3.88. The van der Waals surface area contributed by atoms with Gasteiger partial charge in [-0.15, -0.1) is 0 Å². The van der Waals surface area contributed by atoms with E-state index in [2.05, 4.69) is 10.2 Å². The smallest absolute Gasteiger partial charge is 0.369 e. The highest BCUT2D eigenvalue weighted by Gasteiger charge is 2.33. The van der Waals surface area contributed by atoms with Crippen LogP contribution in [0.25, 0.3) is 6.08 Å². The van der Waals surface area contributed by atoms with E-state index in [1.807, 2.05) is 19.0 Å². The van der Waals surface area contributed by atoms with Crippen molar-refractivity contribution >= 4 is 34.7 Å². The molecule has 26 heavy (non-hydrogen) atoms. The van der Waals surface area contributed by atoms with Crippen molar-refractivity contribution < 1.29 is 22.8 Å². The zero-order valence-corrected chi connectivity index (χ0v) is 15.1. The molecule has 0 bridgehead atoms. The molecular formula is C17H18F3N3O2S. The summed E-state index contributed by atoms with van der Waals surface area (Å²) in [4.78, 5) is 27.3. The summed E-state index contributed by atoms with van der Waals surface area (Å²) in [5.41, 5.74) is 0.125. The summed E-state index contributed by atoms with van der Waals surface area (Å²) < 4.78 is 39.4. The van der Waals surface area contributed by atoms with Crippen LogP contribution in [-0.2, 0) is 11.0 Å². The molecule has 5 nitrogen and oxygen atoms in total. The van der Waals surface area contributed by atoms with Crippen molar-refractivity contribution in [3.8, 4) is 0 Å². The molecule has 0 aliphatic carbocycles. The second-order valence-corrected chi connectivity index (χ2v) is 7.49. The number of carbonyl (C=O) groups excluding carboxylic acids is 2. The lowest BCUT2D eigenvalue weighted by atomic mass is 10.1. The Hall–Kier alpha value is -2.00. The summed E-state index contributed by atoms with van der Waals surface area (Å²) in [5, 5.41) is 1.59. The molecule has 3 rings (SSSR count). The van der Waals surface area contributed by atoms with Crippen molar-refractivity contribution in [2.45, 2.75) is 18.6 Å². The van der Waals surface area contributed by atoms with Gasteiger partial charge in [0.1, 0.15) is 0 Å². The molecule has 0 saturated carbocycles. The Kier molecular flexibility index (Phi) is 5.03. The number of thioether (sulfide) groups is 1. The van der Waals surface area contributed by atoms with E-state index in [0.717, 1.165) is 18.6 Å². The lowest BCUT2D eigenvalue weighted by Gasteiger charge is -2.24. The van der Waals surface area contributed by atoms with Crippen LogP contribution in [-0.4, -0.2) is 49.3 Å². The molecule has 0 spiro atoms. The highest BCUT2D eigenvalue weighted by atomic mass is 32.2. The molecule has 0 unspecified atom stereocenters. The number of nitrogens with one attached hydrogen (secondary N) is 1. The molecule has 1 aromatic carbocycles. The van der Waals surface area contributed by atoms with Crippen molar-refractivity contribution in [2.75, 3.05) is 32.1 Å². The number of nitrogens with zero attached hydrogens (tertiary/aromatic N) is 2. The van der Waals surface area contributed by atoms with Gasteiger partial charge in [-0.3, -0.25) is 14.9 Å². The fourth-order valence-corrected chi connectivity index (χ4v) is 3.75. The predicted octanol–water partition coefficient (Wildman–Crippen LogP) is 3.17. The maximum absolute atomic E-state index is 13.1. The van der Waals surface area contributed by atoms with Gasteiger partial charge < -0.3 is 9.80 Å². The van der Waals surface area contributed by atoms with E-state index in [9.17, 15) is 22.8 Å². The van der Waals surface area contributed by atoms with E-state index in [4.69, 9.17) is 0 Å². The Morgan fingerprint density at radius 1 is 1.31 bits per heavy atom. The Balaban J connectivity index is 2.00. The largest absolute Gasteiger partial charge is 0.416 e. The number of alkyl halides is 3. The molecule has 2 amide bonds. The molecular weight excluding hydrogens is 367 g/mol. The van der Waals surface area contributed by atoms with Gasteiger partial charge in [0.2, 0.25) is 0 Å². The maximum Gasteiger partial charge on any atom is 0.416 e. The van der Waals surface area contributed by atoms with Crippen LogP contribution in [0.5, 0.6) is 0 Å². The zero-order valence-electron chi connectivity index (χ0n) is 14.3. The molecule has 2 aliphatic rings.